The van der Waals surface area contributed by atoms with Crippen molar-refractivity contribution in [3.63, 3.8) is 0 Å². The fourth-order valence-corrected chi connectivity index (χ4v) is 2.12. The second-order valence-electron chi connectivity index (χ2n) is 4.60. The molecule has 7 heteroatoms. The molecule has 2 rings (SSSR count). The molecule has 0 saturated carbocycles. The van der Waals surface area contributed by atoms with Gasteiger partial charge in [-0.1, -0.05) is 6.92 Å². The first-order chi connectivity index (χ1) is 8.45. The maximum Gasteiger partial charge on any atom is 0.351 e. The Morgan fingerprint density at radius 1 is 1.61 bits per heavy atom. The number of anilines is 1. The molecule has 1 aliphatic heterocycles. The number of hydrogen-bond donors (Lipinski definition) is 3. The number of aliphatic hydroxyl groups is 2. The molecule has 18 heavy (non-hydrogen) atoms. The van der Waals surface area contributed by atoms with Crippen molar-refractivity contribution in [1.82, 2.24) is 9.55 Å². The molecule has 1 fully saturated rings. The van der Waals surface area contributed by atoms with E-state index in [1.165, 1.54) is 4.57 Å². The monoisotopic (exact) mass is 255 g/mol. The Kier molecular flexibility index (Phi) is 3.38. The summed E-state index contributed by atoms with van der Waals surface area (Å²) in [5, 5.41) is 18.9. The Labute approximate surface area is 104 Å². The molecule has 4 atom stereocenters. The molecule has 7 nitrogen and oxygen atoms in total. The molecule has 4 N–H and O–H groups in total. The molecule has 0 radical (unpaired) electrons. The van der Waals surface area contributed by atoms with Crippen LogP contribution < -0.4 is 11.4 Å². The van der Waals surface area contributed by atoms with Gasteiger partial charge in [0.25, 0.3) is 0 Å². The smallest absolute Gasteiger partial charge is 0.351 e. The molecule has 0 amide bonds. The lowest BCUT2D eigenvalue weighted by atomic mass is 10.0. The normalized spacial score (nSPS) is 31.8. The van der Waals surface area contributed by atoms with Crippen LogP contribution in [0, 0.1) is 12.8 Å². The lowest BCUT2D eigenvalue weighted by Gasteiger charge is -2.18. The van der Waals surface area contributed by atoms with Gasteiger partial charge in [0.2, 0.25) is 0 Å². The van der Waals surface area contributed by atoms with E-state index >= 15 is 0 Å². The Bertz CT molecular complexity index is 502. The van der Waals surface area contributed by atoms with E-state index in [1.54, 1.807) is 20.0 Å². The summed E-state index contributed by atoms with van der Waals surface area (Å²) in [5.74, 6) is -0.133. The minimum Gasteiger partial charge on any atom is -0.394 e. The Hall–Kier alpha value is -1.44. The van der Waals surface area contributed by atoms with Gasteiger partial charge in [0.05, 0.1) is 12.7 Å². The van der Waals surface area contributed by atoms with E-state index in [4.69, 9.17) is 15.6 Å². The zero-order valence-corrected chi connectivity index (χ0v) is 10.3. The zero-order chi connectivity index (χ0) is 13.4. The third kappa shape index (κ3) is 2.00. The van der Waals surface area contributed by atoms with Gasteiger partial charge in [0, 0.05) is 17.7 Å². The average molecular weight is 255 g/mol. The van der Waals surface area contributed by atoms with Gasteiger partial charge in [-0.05, 0) is 6.92 Å². The summed E-state index contributed by atoms with van der Waals surface area (Å²) in [4.78, 5) is 15.5. The van der Waals surface area contributed by atoms with Crippen molar-refractivity contribution < 1.29 is 14.9 Å². The third-order valence-corrected chi connectivity index (χ3v) is 3.31. The first kappa shape index (κ1) is 13.0. The number of aromatic nitrogens is 2. The second-order valence-corrected chi connectivity index (χ2v) is 4.60. The summed E-state index contributed by atoms with van der Waals surface area (Å²) in [5.41, 5.74) is 5.68. The van der Waals surface area contributed by atoms with Gasteiger partial charge in [-0.3, -0.25) is 4.57 Å². The minimum absolute atomic E-state index is 0.182. The average Bonchev–Trinajstić information content (AvgIpc) is 2.61. The number of rotatable bonds is 2. The molecule has 0 aliphatic carbocycles. The van der Waals surface area contributed by atoms with E-state index in [-0.39, 0.29) is 18.3 Å². The highest BCUT2D eigenvalue weighted by molar-refractivity contribution is 5.35. The standard InChI is InChI=1S/C11H17N3O4/c1-5-3-14(11(17)13-9(5)12)10-6(2)8(16)7(4-15)18-10/h3,6-8,10,15-16H,4H2,1-2H3,(H2,12,13,17). The van der Waals surface area contributed by atoms with Crippen LogP contribution in [0.25, 0.3) is 0 Å². The fourth-order valence-electron chi connectivity index (χ4n) is 2.12. The van der Waals surface area contributed by atoms with Gasteiger partial charge in [-0.2, -0.15) is 4.98 Å². The summed E-state index contributed by atoms with van der Waals surface area (Å²) < 4.78 is 6.78. The van der Waals surface area contributed by atoms with Gasteiger partial charge in [0.1, 0.15) is 18.1 Å². The summed E-state index contributed by atoms with van der Waals surface area (Å²) in [6.07, 6.45) is -0.589. The summed E-state index contributed by atoms with van der Waals surface area (Å²) >= 11 is 0. The molecule has 1 saturated heterocycles. The highest BCUT2D eigenvalue weighted by Crippen LogP contribution is 2.33. The fraction of sp³-hybridized carbons (Fsp3) is 0.636. The Morgan fingerprint density at radius 2 is 2.28 bits per heavy atom. The number of hydrogen-bond acceptors (Lipinski definition) is 6. The molecule has 1 aliphatic rings. The molecule has 100 valence electrons. The molecular formula is C11H17N3O4. The number of aliphatic hydroxyl groups excluding tert-OH is 2. The van der Waals surface area contributed by atoms with Gasteiger partial charge < -0.3 is 20.7 Å². The van der Waals surface area contributed by atoms with Crippen LogP contribution in [0.1, 0.15) is 18.7 Å². The van der Waals surface area contributed by atoms with Crippen LogP contribution in [-0.2, 0) is 4.74 Å². The molecule has 0 aromatic carbocycles. The Balaban J connectivity index is 2.39. The van der Waals surface area contributed by atoms with Crippen LogP contribution in [0.3, 0.4) is 0 Å². The van der Waals surface area contributed by atoms with E-state index in [1.807, 2.05) is 0 Å². The quantitative estimate of drug-likeness (QED) is 0.626. The van der Waals surface area contributed by atoms with Crippen molar-refractivity contribution in [3.05, 3.63) is 22.2 Å². The van der Waals surface area contributed by atoms with Crippen LogP contribution in [0.5, 0.6) is 0 Å². The van der Waals surface area contributed by atoms with E-state index in [0.717, 1.165) is 0 Å². The van der Waals surface area contributed by atoms with Crippen LogP contribution in [0.4, 0.5) is 5.82 Å². The molecule has 2 heterocycles. The predicted octanol–water partition coefficient (Wildman–Crippen LogP) is -0.979. The maximum atomic E-state index is 11.8. The lowest BCUT2D eigenvalue weighted by Crippen LogP contribution is -2.31. The van der Waals surface area contributed by atoms with Gasteiger partial charge in [-0.15, -0.1) is 0 Å². The largest absolute Gasteiger partial charge is 0.394 e. The molecule has 1 aromatic heterocycles. The third-order valence-electron chi connectivity index (χ3n) is 3.31. The number of aryl methyl sites for hydroxylation is 1. The van der Waals surface area contributed by atoms with E-state index in [2.05, 4.69) is 4.98 Å². The van der Waals surface area contributed by atoms with Gasteiger partial charge in [-0.25, -0.2) is 4.79 Å². The SMILES string of the molecule is Cc1cn(C2OC(CO)C(O)C2C)c(=O)nc1N. The molecular weight excluding hydrogens is 238 g/mol. The van der Waals surface area contributed by atoms with Crippen molar-refractivity contribution in [1.29, 1.82) is 0 Å². The van der Waals surface area contributed by atoms with E-state index < -0.39 is 24.1 Å². The van der Waals surface area contributed by atoms with Crippen LogP contribution in [-0.4, -0.2) is 38.6 Å². The number of nitrogens with two attached hydrogens (primary N) is 1. The van der Waals surface area contributed by atoms with E-state index in [9.17, 15) is 9.90 Å². The molecule has 1 aromatic rings. The van der Waals surface area contributed by atoms with Crippen LogP contribution in [0.2, 0.25) is 0 Å². The van der Waals surface area contributed by atoms with Gasteiger partial charge >= 0.3 is 5.69 Å². The first-order valence-electron chi connectivity index (χ1n) is 5.75. The molecule has 4 unspecified atom stereocenters. The molecule has 0 bridgehead atoms. The van der Waals surface area contributed by atoms with Crippen LogP contribution >= 0.6 is 0 Å². The molecule has 0 spiro atoms. The predicted molar refractivity (Wildman–Crippen MR) is 63.8 cm³/mol. The van der Waals surface area contributed by atoms with Crippen molar-refractivity contribution in [3.8, 4) is 0 Å². The van der Waals surface area contributed by atoms with Crippen molar-refractivity contribution in [2.24, 2.45) is 5.92 Å². The summed E-state index contributed by atoms with van der Waals surface area (Å²) in [6, 6.07) is 0. The minimum atomic E-state index is -0.815. The number of ether oxygens (including phenoxy) is 1. The highest BCUT2D eigenvalue weighted by atomic mass is 16.5. The van der Waals surface area contributed by atoms with Gasteiger partial charge in [0.15, 0.2) is 0 Å². The zero-order valence-electron chi connectivity index (χ0n) is 10.3. The van der Waals surface area contributed by atoms with Crippen molar-refractivity contribution in [2.45, 2.75) is 32.3 Å². The maximum absolute atomic E-state index is 11.8. The topological polar surface area (TPSA) is 111 Å². The number of nitrogens with zero attached hydrogens (tertiary/aromatic N) is 2. The van der Waals surface area contributed by atoms with Crippen molar-refractivity contribution >= 4 is 5.82 Å². The van der Waals surface area contributed by atoms with Crippen LogP contribution in [0.15, 0.2) is 11.0 Å². The summed E-state index contributed by atoms with van der Waals surface area (Å²) in [7, 11) is 0. The van der Waals surface area contributed by atoms with Crippen molar-refractivity contribution in [2.75, 3.05) is 12.3 Å². The second kappa shape index (κ2) is 4.68. The first-order valence-corrected chi connectivity index (χ1v) is 5.75. The summed E-state index contributed by atoms with van der Waals surface area (Å²) in [6.45, 7) is 3.19. The van der Waals surface area contributed by atoms with E-state index in [0.29, 0.717) is 5.56 Å². The number of nitrogen functional groups attached to an aromatic ring is 1. The lowest BCUT2D eigenvalue weighted by molar-refractivity contribution is -0.0476. The Morgan fingerprint density at radius 3 is 2.83 bits per heavy atom. The highest BCUT2D eigenvalue weighted by Gasteiger charge is 2.41.